The van der Waals surface area contributed by atoms with E-state index in [1.54, 1.807) is 18.2 Å². The highest BCUT2D eigenvalue weighted by molar-refractivity contribution is 8.15. The molecule has 0 aliphatic carbocycles. The normalized spacial score (nSPS) is 21.8. The molecule has 1 N–H and O–H groups in total. The molecule has 2 atom stereocenters. The third-order valence-corrected chi connectivity index (χ3v) is 8.23. The fourth-order valence-electron chi connectivity index (χ4n) is 3.79. The van der Waals surface area contributed by atoms with Gasteiger partial charge in [0.05, 0.1) is 23.2 Å². The van der Waals surface area contributed by atoms with Gasteiger partial charge >= 0.3 is 0 Å². The number of para-hydroxylation sites is 1. The van der Waals surface area contributed by atoms with Crippen molar-refractivity contribution in [3.8, 4) is 0 Å². The van der Waals surface area contributed by atoms with Crippen molar-refractivity contribution in [3.05, 3.63) is 59.4 Å². The summed E-state index contributed by atoms with van der Waals surface area (Å²) in [5.41, 5.74) is 2.97. The molecule has 0 bridgehead atoms. The summed E-state index contributed by atoms with van der Waals surface area (Å²) in [4.78, 5) is 18.9. The van der Waals surface area contributed by atoms with Crippen molar-refractivity contribution >= 4 is 44.0 Å². The van der Waals surface area contributed by atoms with E-state index in [0.717, 1.165) is 11.1 Å². The Morgan fingerprint density at radius 1 is 1.20 bits per heavy atom. The maximum atomic E-state index is 14.6. The zero-order valence-electron chi connectivity index (χ0n) is 16.6. The van der Waals surface area contributed by atoms with Gasteiger partial charge in [0.1, 0.15) is 12.4 Å². The molecule has 1 fully saturated rings. The second kappa shape index (κ2) is 8.03. The molecule has 9 heteroatoms. The number of aryl methyl sites for hydroxylation is 2. The van der Waals surface area contributed by atoms with Crippen LogP contribution in [0.25, 0.3) is 0 Å². The molecule has 30 heavy (non-hydrogen) atoms. The smallest absolute Gasteiger partial charge is 0.244 e. The number of sulfone groups is 1. The Balaban J connectivity index is 1.59. The minimum absolute atomic E-state index is 0.00591. The lowest BCUT2D eigenvalue weighted by Crippen LogP contribution is -2.37. The van der Waals surface area contributed by atoms with Crippen LogP contribution < -0.4 is 10.2 Å². The van der Waals surface area contributed by atoms with Crippen LogP contribution in [-0.4, -0.2) is 48.8 Å². The molecule has 1 saturated heterocycles. The van der Waals surface area contributed by atoms with Gasteiger partial charge in [-0.1, -0.05) is 30.0 Å². The summed E-state index contributed by atoms with van der Waals surface area (Å²) in [6.45, 7) is 3.77. The van der Waals surface area contributed by atoms with E-state index < -0.39 is 15.7 Å². The average molecular weight is 448 g/mol. The highest BCUT2D eigenvalue weighted by atomic mass is 32.2. The summed E-state index contributed by atoms with van der Waals surface area (Å²) in [6.07, 6.45) is 0. The van der Waals surface area contributed by atoms with Crippen molar-refractivity contribution in [2.24, 2.45) is 4.99 Å². The maximum Gasteiger partial charge on any atom is 0.244 e. The number of hydrogen-bond donors (Lipinski definition) is 1. The highest BCUT2D eigenvalue weighted by Crippen LogP contribution is 2.37. The van der Waals surface area contributed by atoms with E-state index in [0.29, 0.717) is 10.9 Å². The summed E-state index contributed by atoms with van der Waals surface area (Å²) in [6, 6.07) is 11.6. The molecule has 2 aliphatic rings. The van der Waals surface area contributed by atoms with Crippen LogP contribution in [0.2, 0.25) is 0 Å². The summed E-state index contributed by atoms with van der Waals surface area (Å²) in [7, 11) is -3.10. The van der Waals surface area contributed by atoms with E-state index in [-0.39, 0.29) is 40.9 Å². The predicted octanol–water partition coefficient (Wildman–Crippen LogP) is 3.16. The third-order valence-electron chi connectivity index (χ3n) is 4.99. The number of rotatable bonds is 4. The zero-order chi connectivity index (χ0) is 21.5. The van der Waals surface area contributed by atoms with Gasteiger partial charge < -0.3 is 10.2 Å². The second-order valence-corrected chi connectivity index (χ2v) is 11.0. The number of nitrogens with one attached hydrogen (secondary N) is 1. The van der Waals surface area contributed by atoms with Gasteiger partial charge in [-0.15, -0.1) is 0 Å². The van der Waals surface area contributed by atoms with Crippen LogP contribution in [0.4, 0.5) is 15.8 Å². The molecular weight excluding hydrogens is 425 g/mol. The first-order chi connectivity index (χ1) is 14.2. The van der Waals surface area contributed by atoms with E-state index in [4.69, 9.17) is 0 Å². The molecule has 0 saturated carbocycles. The number of halogens is 1. The molecule has 4 rings (SSSR count). The number of nitrogens with zero attached hydrogens (tertiary/aromatic N) is 2. The van der Waals surface area contributed by atoms with Gasteiger partial charge in [0.15, 0.2) is 15.0 Å². The molecule has 0 radical (unpaired) electrons. The lowest BCUT2D eigenvalue weighted by molar-refractivity contribution is -0.114. The van der Waals surface area contributed by atoms with E-state index in [1.807, 2.05) is 32.0 Å². The molecule has 0 aromatic heterocycles. The number of fused-ring (bicyclic) bond motifs is 1. The molecule has 2 aliphatic heterocycles. The summed E-state index contributed by atoms with van der Waals surface area (Å²) < 4.78 is 38.3. The second-order valence-electron chi connectivity index (χ2n) is 7.67. The summed E-state index contributed by atoms with van der Waals surface area (Å²) >= 11 is 1.30. The molecular formula is C21H22FN3O3S2. The summed E-state index contributed by atoms with van der Waals surface area (Å²) in [5, 5.41) is 3.15. The number of carbonyl (C=O) groups is 1. The number of amides is 1. The Labute approximate surface area is 179 Å². The first kappa shape index (κ1) is 20.9. The third kappa shape index (κ3) is 4.52. The van der Waals surface area contributed by atoms with E-state index in [1.165, 1.54) is 22.7 Å². The Bertz CT molecular complexity index is 1110. The number of hydrogen-bond acceptors (Lipinski definition) is 6. The Morgan fingerprint density at radius 2 is 1.90 bits per heavy atom. The van der Waals surface area contributed by atoms with Crippen LogP contribution >= 0.6 is 11.8 Å². The van der Waals surface area contributed by atoms with Gasteiger partial charge in [-0.25, -0.2) is 12.8 Å². The topological polar surface area (TPSA) is 78.8 Å². The molecule has 2 aromatic carbocycles. The molecule has 1 amide bonds. The van der Waals surface area contributed by atoms with Crippen LogP contribution in [-0.2, 0) is 14.6 Å². The molecule has 2 heterocycles. The molecule has 2 aromatic rings. The van der Waals surface area contributed by atoms with Gasteiger partial charge in [-0.3, -0.25) is 9.79 Å². The number of amidine groups is 1. The summed E-state index contributed by atoms with van der Waals surface area (Å²) in [5.74, 6) is -0.732. The number of aliphatic imine (C=N–C) groups is 1. The SMILES string of the molecule is Cc1cc(C)cc(NC(=O)CN(C2=N[C@H]3CS(=O)(=O)C[C@@H]3S2)c2ccccc2F)c1. The Hall–Kier alpha value is -2.39. The van der Waals surface area contributed by atoms with Crippen LogP contribution in [0.3, 0.4) is 0 Å². The first-order valence-corrected chi connectivity index (χ1v) is 12.3. The van der Waals surface area contributed by atoms with Crippen LogP contribution in [0.15, 0.2) is 47.5 Å². The largest absolute Gasteiger partial charge is 0.325 e. The maximum absolute atomic E-state index is 14.6. The van der Waals surface area contributed by atoms with Crippen LogP contribution in [0.5, 0.6) is 0 Å². The van der Waals surface area contributed by atoms with Crippen molar-refractivity contribution in [1.82, 2.24) is 0 Å². The van der Waals surface area contributed by atoms with Gasteiger partial charge in [-0.2, -0.15) is 0 Å². The van der Waals surface area contributed by atoms with Crippen molar-refractivity contribution < 1.29 is 17.6 Å². The van der Waals surface area contributed by atoms with Gasteiger partial charge in [0, 0.05) is 10.9 Å². The fraction of sp³-hybridized carbons (Fsp3) is 0.333. The van der Waals surface area contributed by atoms with Crippen LogP contribution in [0, 0.1) is 19.7 Å². The number of thioether (sulfide) groups is 1. The lowest BCUT2D eigenvalue weighted by Gasteiger charge is -2.24. The van der Waals surface area contributed by atoms with Crippen molar-refractivity contribution in [1.29, 1.82) is 0 Å². The molecule has 158 valence electrons. The molecule has 0 spiro atoms. The van der Waals surface area contributed by atoms with Crippen LogP contribution in [0.1, 0.15) is 11.1 Å². The number of anilines is 2. The lowest BCUT2D eigenvalue weighted by atomic mass is 10.1. The standard InChI is InChI=1S/C21H22FN3O3S2/c1-13-7-14(2)9-15(8-13)23-20(26)10-25(18-6-4-3-5-16(18)22)21-24-17-11-30(27,28)12-19(17)29-21/h3-9,17,19H,10-12H2,1-2H3,(H,23,26)/t17-,19-/m0/s1. The van der Waals surface area contributed by atoms with Gasteiger partial charge in [0.25, 0.3) is 0 Å². The van der Waals surface area contributed by atoms with Gasteiger partial charge in [0.2, 0.25) is 5.91 Å². The predicted molar refractivity (Wildman–Crippen MR) is 120 cm³/mol. The van der Waals surface area contributed by atoms with E-state index in [9.17, 15) is 17.6 Å². The fourth-order valence-corrected chi connectivity index (χ4v) is 7.56. The zero-order valence-corrected chi connectivity index (χ0v) is 18.3. The minimum Gasteiger partial charge on any atom is -0.325 e. The molecule has 6 nitrogen and oxygen atoms in total. The van der Waals surface area contributed by atoms with E-state index in [2.05, 4.69) is 10.3 Å². The Kier molecular flexibility index (Phi) is 5.59. The van der Waals surface area contributed by atoms with Crippen molar-refractivity contribution in [3.63, 3.8) is 0 Å². The van der Waals surface area contributed by atoms with Crippen molar-refractivity contribution in [2.75, 3.05) is 28.3 Å². The van der Waals surface area contributed by atoms with Gasteiger partial charge in [-0.05, 0) is 49.2 Å². The van der Waals surface area contributed by atoms with Crippen molar-refractivity contribution in [2.45, 2.75) is 25.1 Å². The Morgan fingerprint density at radius 3 is 2.57 bits per heavy atom. The first-order valence-electron chi connectivity index (χ1n) is 9.55. The quantitative estimate of drug-likeness (QED) is 0.779. The number of benzene rings is 2. The average Bonchev–Trinajstić information content (AvgIpc) is 3.13. The number of carbonyl (C=O) groups excluding carboxylic acids is 1. The molecule has 0 unspecified atom stereocenters. The monoisotopic (exact) mass is 447 g/mol. The highest BCUT2D eigenvalue weighted by Gasteiger charge is 2.44. The van der Waals surface area contributed by atoms with E-state index >= 15 is 0 Å². The minimum atomic E-state index is -3.10.